The summed E-state index contributed by atoms with van der Waals surface area (Å²) in [5.41, 5.74) is 1.73. The zero-order chi connectivity index (χ0) is 13.8. The van der Waals surface area contributed by atoms with Crippen molar-refractivity contribution in [1.82, 2.24) is 9.78 Å². The minimum Gasteiger partial charge on any atom is -0.326 e. The largest absolute Gasteiger partial charge is 0.326 e. The van der Waals surface area contributed by atoms with Crippen molar-refractivity contribution in [2.45, 2.75) is 19.9 Å². The van der Waals surface area contributed by atoms with E-state index in [1.165, 1.54) is 0 Å². The Hall–Kier alpha value is -1.33. The molecule has 1 heterocycles. The number of hydrogen-bond acceptors (Lipinski definition) is 2. The van der Waals surface area contributed by atoms with Gasteiger partial charge in [0.25, 0.3) is 0 Å². The van der Waals surface area contributed by atoms with E-state index in [0.717, 1.165) is 15.7 Å². The standard InChI is InChI=1S/C13H13BrClN3O/c1-9-2-3-11(15)6-12(9)17-13(19)4-5-18-8-10(14)7-16-18/h2-3,6-8H,4-5H2,1H3,(H,17,19). The molecule has 0 aliphatic heterocycles. The second kappa shape index (κ2) is 6.21. The van der Waals surface area contributed by atoms with Crippen molar-refractivity contribution in [2.24, 2.45) is 0 Å². The summed E-state index contributed by atoms with van der Waals surface area (Å²) in [6.07, 6.45) is 3.89. The second-order valence-corrected chi connectivity index (χ2v) is 5.53. The summed E-state index contributed by atoms with van der Waals surface area (Å²) < 4.78 is 2.62. The third-order valence-electron chi connectivity index (χ3n) is 2.64. The van der Waals surface area contributed by atoms with E-state index in [2.05, 4.69) is 26.3 Å². The molecular formula is C13H13BrClN3O. The SMILES string of the molecule is Cc1ccc(Cl)cc1NC(=O)CCn1cc(Br)cn1. The van der Waals surface area contributed by atoms with E-state index in [4.69, 9.17) is 11.6 Å². The van der Waals surface area contributed by atoms with Gasteiger partial charge in [-0.1, -0.05) is 17.7 Å². The van der Waals surface area contributed by atoms with Crippen molar-refractivity contribution in [2.75, 3.05) is 5.32 Å². The number of nitrogens with zero attached hydrogens (tertiary/aromatic N) is 2. The van der Waals surface area contributed by atoms with Crippen molar-refractivity contribution in [1.29, 1.82) is 0 Å². The fraction of sp³-hybridized carbons (Fsp3) is 0.231. The Kier molecular flexibility index (Phi) is 4.61. The van der Waals surface area contributed by atoms with E-state index in [1.807, 2.05) is 19.2 Å². The molecule has 0 radical (unpaired) electrons. The van der Waals surface area contributed by atoms with Crippen LogP contribution in [0.4, 0.5) is 5.69 Å². The Morgan fingerprint density at radius 2 is 2.32 bits per heavy atom. The number of halogens is 2. The summed E-state index contributed by atoms with van der Waals surface area (Å²) in [4.78, 5) is 11.8. The van der Waals surface area contributed by atoms with Gasteiger partial charge in [-0.25, -0.2) is 0 Å². The molecule has 2 aromatic rings. The summed E-state index contributed by atoms with van der Waals surface area (Å²) in [6.45, 7) is 2.47. The molecule has 6 heteroatoms. The molecule has 0 aliphatic carbocycles. The van der Waals surface area contributed by atoms with E-state index in [0.29, 0.717) is 18.0 Å². The van der Waals surface area contributed by atoms with Gasteiger partial charge in [-0.15, -0.1) is 0 Å². The van der Waals surface area contributed by atoms with Crippen molar-refractivity contribution in [3.8, 4) is 0 Å². The van der Waals surface area contributed by atoms with Crippen molar-refractivity contribution >= 4 is 39.1 Å². The fourth-order valence-electron chi connectivity index (χ4n) is 1.62. The molecule has 0 bridgehead atoms. The maximum atomic E-state index is 11.8. The zero-order valence-electron chi connectivity index (χ0n) is 10.4. The highest BCUT2D eigenvalue weighted by Crippen LogP contribution is 2.20. The number of anilines is 1. The number of hydrogen-bond donors (Lipinski definition) is 1. The topological polar surface area (TPSA) is 46.9 Å². The first-order chi connectivity index (χ1) is 9.04. The monoisotopic (exact) mass is 341 g/mol. The van der Waals surface area contributed by atoms with Gasteiger partial charge in [0.05, 0.1) is 10.7 Å². The lowest BCUT2D eigenvalue weighted by molar-refractivity contribution is -0.116. The Morgan fingerprint density at radius 1 is 1.53 bits per heavy atom. The quantitative estimate of drug-likeness (QED) is 0.922. The predicted molar refractivity (Wildman–Crippen MR) is 79.4 cm³/mol. The summed E-state index contributed by atoms with van der Waals surface area (Å²) in [7, 11) is 0. The van der Waals surface area contributed by atoms with Gasteiger partial charge in [0.1, 0.15) is 0 Å². The van der Waals surface area contributed by atoms with Crippen LogP contribution >= 0.6 is 27.5 Å². The van der Waals surface area contributed by atoms with E-state index in [-0.39, 0.29) is 5.91 Å². The molecule has 0 saturated heterocycles. The molecule has 0 saturated carbocycles. The molecule has 1 aromatic carbocycles. The van der Waals surface area contributed by atoms with Crippen LogP contribution in [0, 0.1) is 6.92 Å². The second-order valence-electron chi connectivity index (χ2n) is 4.18. The average Bonchev–Trinajstić information content (AvgIpc) is 2.77. The lowest BCUT2D eigenvalue weighted by Crippen LogP contribution is -2.15. The molecule has 2 rings (SSSR count). The van der Waals surface area contributed by atoms with Crippen LogP contribution in [0.1, 0.15) is 12.0 Å². The number of carbonyl (C=O) groups is 1. The van der Waals surface area contributed by atoms with Crippen molar-refractivity contribution in [3.63, 3.8) is 0 Å². The van der Waals surface area contributed by atoms with Crippen LogP contribution in [0.3, 0.4) is 0 Å². The molecule has 0 spiro atoms. The average molecular weight is 343 g/mol. The van der Waals surface area contributed by atoms with Crippen LogP contribution in [0.15, 0.2) is 35.1 Å². The van der Waals surface area contributed by atoms with Crippen LogP contribution in [0.5, 0.6) is 0 Å². The molecule has 0 fully saturated rings. The van der Waals surface area contributed by atoms with Gasteiger partial charge in [-0.3, -0.25) is 9.48 Å². The minimum absolute atomic E-state index is 0.0583. The van der Waals surface area contributed by atoms with Crippen LogP contribution in [-0.2, 0) is 11.3 Å². The minimum atomic E-state index is -0.0583. The normalized spacial score (nSPS) is 10.5. The Balaban J connectivity index is 1.92. The van der Waals surface area contributed by atoms with Gasteiger partial charge in [0.2, 0.25) is 5.91 Å². The van der Waals surface area contributed by atoms with Crippen LogP contribution in [-0.4, -0.2) is 15.7 Å². The first-order valence-electron chi connectivity index (χ1n) is 5.78. The van der Waals surface area contributed by atoms with Gasteiger partial charge >= 0.3 is 0 Å². The van der Waals surface area contributed by atoms with Crippen LogP contribution < -0.4 is 5.32 Å². The molecule has 1 aromatic heterocycles. The van der Waals surface area contributed by atoms with E-state index in [1.54, 1.807) is 23.0 Å². The summed E-state index contributed by atoms with van der Waals surface area (Å²) in [5.74, 6) is -0.0583. The van der Waals surface area contributed by atoms with Gasteiger partial charge in [-0.2, -0.15) is 5.10 Å². The van der Waals surface area contributed by atoms with E-state index >= 15 is 0 Å². The van der Waals surface area contributed by atoms with Gasteiger partial charge in [0.15, 0.2) is 0 Å². The summed E-state index contributed by atoms with van der Waals surface area (Å²) in [6, 6.07) is 5.43. The number of carbonyl (C=O) groups excluding carboxylic acids is 1. The number of aryl methyl sites for hydroxylation is 2. The smallest absolute Gasteiger partial charge is 0.226 e. The summed E-state index contributed by atoms with van der Waals surface area (Å²) >= 11 is 9.22. The lowest BCUT2D eigenvalue weighted by Gasteiger charge is -2.08. The highest BCUT2D eigenvalue weighted by Gasteiger charge is 2.06. The Labute approximate surface area is 124 Å². The van der Waals surface area contributed by atoms with Gasteiger partial charge in [0, 0.05) is 29.9 Å². The molecule has 0 unspecified atom stereocenters. The maximum absolute atomic E-state index is 11.8. The van der Waals surface area contributed by atoms with Crippen LogP contribution in [0.25, 0.3) is 0 Å². The molecule has 0 aliphatic rings. The number of benzene rings is 1. The molecule has 1 amide bonds. The van der Waals surface area contributed by atoms with Crippen molar-refractivity contribution < 1.29 is 4.79 Å². The Bertz CT molecular complexity index is 597. The van der Waals surface area contributed by atoms with Gasteiger partial charge in [-0.05, 0) is 40.5 Å². The fourth-order valence-corrected chi connectivity index (χ4v) is 2.12. The molecule has 1 N–H and O–H groups in total. The zero-order valence-corrected chi connectivity index (χ0v) is 12.7. The first-order valence-corrected chi connectivity index (χ1v) is 6.95. The third-order valence-corrected chi connectivity index (χ3v) is 3.29. The predicted octanol–water partition coefficient (Wildman–Crippen LogP) is 3.64. The molecule has 0 atom stereocenters. The molecule has 100 valence electrons. The molecular weight excluding hydrogens is 330 g/mol. The van der Waals surface area contributed by atoms with Gasteiger partial charge < -0.3 is 5.32 Å². The molecule has 19 heavy (non-hydrogen) atoms. The maximum Gasteiger partial charge on any atom is 0.226 e. The number of aromatic nitrogens is 2. The highest BCUT2D eigenvalue weighted by molar-refractivity contribution is 9.10. The summed E-state index contributed by atoms with van der Waals surface area (Å²) in [5, 5.41) is 7.56. The lowest BCUT2D eigenvalue weighted by atomic mass is 10.2. The third kappa shape index (κ3) is 4.08. The molecule has 4 nitrogen and oxygen atoms in total. The van der Waals surface area contributed by atoms with E-state index < -0.39 is 0 Å². The number of amides is 1. The van der Waals surface area contributed by atoms with Crippen LogP contribution in [0.2, 0.25) is 5.02 Å². The highest BCUT2D eigenvalue weighted by atomic mass is 79.9. The number of rotatable bonds is 4. The van der Waals surface area contributed by atoms with E-state index in [9.17, 15) is 4.79 Å². The Morgan fingerprint density at radius 3 is 3.00 bits per heavy atom. The number of nitrogens with one attached hydrogen (secondary N) is 1. The van der Waals surface area contributed by atoms with Crippen molar-refractivity contribution in [3.05, 3.63) is 45.7 Å². The first kappa shape index (κ1) is 14.1.